The van der Waals surface area contributed by atoms with Crippen molar-refractivity contribution in [1.82, 2.24) is 0 Å². The molecule has 0 saturated carbocycles. The molecule has 0 aromatic heterocycles. The van der Waals surface area contributed by atoms with E-state index in [1.807, 2.05) is 26.0 Å². The van der Waals surface area contributed by atoms with Crippen LogP contribution in [0.15, 0.2) is 29.2 Å². The lowest BCUT2D eigenvalue weighted by atomic mass is 10.2. The van der Waals surface area contributed by atoms with Gasteiger partial charge in [0, 0.05) is 0 Å². The van der Waals surface area contributed by atoms with Crippen LogP contribution in [0.5, 0.6) is 0 Å². The number of sulfone groups is 1. The number of benzene rings is 1. The van der Waals surface area contributed by atoms with Crippen molar-refractivity contribution in [3.63, 3.8) is 0 Å². The van der Waals surface area contributed by atoms with E-state index in [2.05, 4.69) is 0 Å². The summed E-state index contributed by atoms with van der Waals surface area (Å²) in [4.78, 5) is 0.439. The van der Waals surface area contributed by atoms with E-state index in [1.54, 1.807) is 19.1 Å². The van der Waals surface area contributed by atoms with E-state index in [9.17, 15) is 8.42 Å². The van der Waals surface area contributed by atoms with Crippen LogP contribution in [0.4, 0.5) is 0 Å². The summed E-state index contributed by atoms with van der Waals surface area (Å²) in [6.45, 7) is 5.73. The van der Waals surface area contributed by atoms with Gasteiger partial charge >= 0.3 is 0 Å². The molecule has 0 amide bonds. The van der Waals surface area contributed by atoms with E-state index >= 15 is 0 Å². The van der Waals surface area contributed by atoms with Crippen LogP contribution in [0, 0.1) is 6.92 Å². The molecule has 0 fully saturated rings. The van der Waals surface area contributed by atoms with Gasteiger partial charge in [0.15, 0.2) is 9.84 Å². The third kappa shape index (κ3) is 2.81. The monoisotopic (exact) mass is 226 g/mol. The second-order valence-corrected chi connectivity index (χ2v) is 6.32. The van der Waals surface area contributed by atoms with Crippen LogP contribution in [0.3, 0.4) is 0 Å². The van der Waals surface area contributed by atoms with Gasteiger partial charge in [-0.3, -0.25) is 0 Å². The van der Waals surface area contributed by atoms with Gasteiger partial charge in [0.05, 0.1) is 10.1 Å². The fourth-order valence-corrected chi connectivity index (χ4v) is 3.05. The molecule has 0 heterocycles. The quantitative estimate of drug-likeness (QED) is 0.791. The minimum Gasteiger partial charge on any atom is -0.223 e. The molecule has 0 radical (unpaired) electrons. The Morgan fingerprint density at radius 1 is 1.20 bits per heavy atom. The predicted octanol–water partition coefficient (Wildman–Crippen LogP) is 2.96. The smallest absolute Gasteiger partial charge is 0.180 e. The molecule has 2 nitrogen and oxygen atoms in total. The average molecular weight is 226 g/mol. The first-order valence-corrected chi connectivity index (χ1v) is 6.83. The fraction of sp³-hybridized carbons (Fsp3) is 0.500. The van der Waals surface area contributed by atoms with Crippen molar-refractivity contribution in [3.05, 3.63) is 29.8 Å². The third-order valence-corrected chi connectivity index (χ3v) is 4.80. The van der Waals surface area contributed by atoms with Crippen LogP contribution in [-0.2, 0) is 9.84 Å². The largest absolute Gasteiger partial charge is 0.223 e. The predicted molar refractivity (Wildman–Crippen MR) is 62.7 cm³/mol. The van der Waals surface area contributed by atoms with Crippen LogP contribution in [-0.4, -0.2) is 13.7 Å². The van der Waals surface area contributed by atoms with Crippen molar-refractivity contribution in [2.75, 3.05) is 0 Å². The van der Waals surface area contributed by atoms with Crippen LogP contribution < -0.4 is 0 Å². The average Bonchev–Trinajstić information content (AvgIpc) is 2.18. The SMILES string of the molecule is CCCC(C)S(=O)(=O)c1ccc(C)cc1. The molecule has 0 saturated heterocycles. The third-order valence-electron chi connectivity index (χ3n) is 2.57. The minimum absolute atomic E-state index is 0.287. The van der Waals surface area contributed by atoms with E-state index < -0.39 is 9.84 Å². The maximum atomic E-state index is 12.0. The first-order valence-electron chi connectivity index (χ1n) is 5.29. The number of hydrogen-bond donors (Lipinski definition) is 0. The Balaban J connectivity index is 3.01. The molecular formula is C12H18O2S. The summed E-state index contributed by atoms with van der Waals surface area (Å²) in [6.07, 6.45) is 1.61. The maximum Gasteiger partial charge on any atom is 0.180 e. The zero-order valence-corrected chi connectivity index (χ0v) is 10.3. The number of hydrogen-bond acceptors (Lipinski definition) is 2. The molecule has 1 unspecified atom stereocenters. The highest BCUT2D eigenvalue weighted by atomic mass is 32.2. The standard InChI is InChI=1S/C12H18O2S/c1-4-5-11(3)15(13,14)12-8-6-10(2)7-9-12/h6-9,11H,4-5H2,1-3H3. The van der Waals surface area contributed by atoms with E-state index in [4.69, 9.17) is 0 Å². The lowest BCUT2D eigenvalue weighted by molar-refractivity contribution is 0.576. The summed E-state index contributed by atoms with van der Waals surface area (Å²) in [5, 5.41) is -0.287. The Kier molecular flexibility index (Phi) is 3.91. The van der Waals surface area contributed by atoms with Crippen molar-refractivity contribution in [1.29, 1.82) is 0 Å². The van der Waals surface area contributed by atoms with Gasteiger partial charge < -0.3 is 0 Å². The van der Waals surface area contributed by atoms with Crippen molar-refractivity contribution in [2.45, 2.75) is 43.8 Å². The molecule has 0 bridgehead atoms. The van der Waals surface area contributed by atoms with Gasteiger partial charge in [0.1, 0.15) is 0 Å². The lowest BCUT2D eigenvalue weighted by Crippen LogP contribution is -2.17. The normalized spacial score (nSPS) is 13.8. The summed E-state index contributed by atoms with van der Waals surface area (Å²) in [6, 6.07) is 7.06. The van der Waals surface area contributed by atoms with E-state index in [0.29, 0.717) is 4.90 Å². The van der Waals surface area contributed by atoms with Gasteiger partial charge in [-0.2, -0.15) is 0 Å². The van der Waals surface area contributed by atoms with Gasteiger partial charge in [0.25, 0.3) is 0 Å². The van der Waals surface area contributed by atoms with Crippen molar-refractivity contribution < 1.29 is 8.42 Å². The van der Waals surface area contributed by atoms with Crippen LogP contribution in [0.25, 0.3) is 0 Å². The molecule has 1 rings (SSSR count). The molecule has 0 spiro atoms. The highest BCUT2D eigenvalue weighted by Crippen LogP contribution is 2.19. The molecule has 1 atom stereocenters. The van der Waals surface area contributed by atoms with E-state index in [1.165, 1.54) is 0 Å². The van der Waals surface area contributed by atoms with Crippen LogP contribution in [0.2, 0.25) is 0 Å². The molecule has 84 valence electrons. The van der Waals surface area contributed by atoms with Gasteiger partial charge in [-0.25, -0.2) is 8.42 Å². The summed E-state index contributed by atoms with van der Waals surface area (Å²) in [5.41, 5.74) is 1.08. The van der Waals surface area contributed by atoms with Gasteiger partial charge in [-0.1, -0.05) is 31.0 Å². The zero-order valence-electron chi connectivity index (χ0n) is 9.53. The summed E-state index contributed by atoms with van der Waals surface area (Å²) < 4.78 is 24.1. The number of rotatable bonds is 4. The maximum absolute atomic E-state index is 12.0. The van der Waals surface area contributed by atoms with Gasteiger partial charge in [-0.05, 0) is 32.4 Å². The highest BCUT2D eigenvalue weighted by Gasteiger charge is 2.21. The molecule has 3 heteroatoms. The van der Waals surface area contributed by atoms with Crippen molar-refractivity contribution in [3.8, 4) is 0 Å². The highest BCUT2D eigenvalue weighted by molar-refractivity contribution is 7.92. The molecule has 0 aliphatic heterocycles. The molecule has 15 heavy (non-hydrogen) atoms. The topological polar surface area (TPSA) is 34.1 Å². The fourth-order valence-electron chi connectivity index (χ4n) is 1.52. The second-order valence-electron chi connectivity index (χ2n) is 3.96. The Bertz CT molecular complexity index is 404. The zero-order chi connectivity index (χ0) is 11.5. The van der Waals surface area contributed by atoms with Crippen LogP contribution >= 0.6 is 0 Å². The van der Waals surface area contributed by atoms with Gasteiger partial charge in [-0.15, -0.1) is 0 Å². The number of aryl methyl sites for hydroxylation is 1. The van der Waals surface area contributed by atoms with Crippen LogP contribution in [0.1, 0.15) is 32.3 Å². The minimum atomic E-state index is -3.12. The summed E-state index contributed by atoms with van der Waals surface area (Å²) >= 11 is 0. The van der Waals surface area contributed by atoms with Crippen molar-refractivity contribution in [2.24, 2.45) is 0 Å². The first-order chi connectivity index (χ1) is 6.98. The molecule has 1 aromatic carbocycles. The summed E-state index contributed by atoms with van der Waals surface area (Å²) in [7, 11) is -3.12. The Morgan fingerprint density at radius 3 is 2.20 bits per heavy atom. The lowest BCUT2D eigenvalue weighted by Gasteiger charge is -2.11. The second kappa shape index (κ2) is 4.79. The molecule has 1 aromatic rings. The Morgan fingerprint density at radius 2 is 1.73 bits per heavy atom. The first kappa shape index (κ1) is 12.2. The molecule has 0 N–H and O–H groups in total. The van der Waals surface area contributed by atoms with Crippen molar-refractivity contribution >= 4 is 9.84 Å². The molecule has 0 aliphatic carbocycles. The van der Waals surface area contributed by atoms with Gasteiger partial charge in [0.2, 0.25) is 0 Å². The summed E-state index contributed by atoms with van der Waals surface area (Å²) in [5.74, 6) is 0. The Hall–Kier alpha value is -0.830. The Labute approximate surface area is 92.2 Å². The van der Waals surface area contributed by atoms with E-state index in [0.717, 1.165) is 18.4 Å². The van der Waals surface area contributed by atoms with E-state index in [-0.39, 0.29) is 5.25 Å². The molecule has 0 aliphatic rings. The molecular weight excluding hydrogens is 208 g/mol.